The third-order valence-electron chi connectivity index (χ3n) is 4.65. The maximum absolute atomic E-state index is 13.2. The van der Waals surface area contributed by atoms with E-state index in [9.17, 15) is 4.79 Å². The number of carbonyl (C=O) groups excluding carboxylic acids is 1. The van der Waals surface area contributed by atoms with Gasteiger partial charge in [-0.3, -0.25) is 4.79 Å². The molecule has 0 aliphatic carbocycles. The van der Waals surface area contributed by atoms with Crippen molar-refractivity contribution in [2.75, 3.05) is 20.3 Å². The third kappa shape index (κ3) is 3.78. The first-order chi connectivity index (χ1) is 13.5. The van der Waals surface area contributed by atoms with Crippen LogP contribution in [0.3, 0.4) is 0 Å². The van der Waals surface area contributed by atoms with Gasteiger partial charge < -0.3 is 14.4 Å². The predicted octanol–water partition coefficient (Wildman–Crippen LogP) is 3.42. The third-order valence-corrected chi connectivity index (χ3v) is 4.65. The zero-order chi connectivity index (χ0) is 20.3. The lowest BCUT2D eigenvalue weighted by molar-refractivity contribution is 0.0750. The van der Waals surface area contributed by atoms with Gasteiger partial charge in [-0.1, -0.05) is 6.07 Å². The first-order valence-corrected chi connectivity index (χ1v) is 9.39. The van der Waals surface area contributed by atoms with E-state index in [4.69, 9.17) is 9.47 Å². The van der Waals surface area contributed by atoms with Gasteiger partial charge in [0.15, 0.2) is 17.1 Å². The summed E-state index contributed by atoms with van der Waals surface area (Å²) in [6, 6.07) is 7.63. The van der Waals surface area contributed by atoms with E-state index in [0.717, 1.165) is 22.6 Å². The Balaban J connectivity index is 1.87. The number of fused-ring (bicyclic) bond motifs is 1. The molecule has 0 radical (unpaired) electrons. The van der Waals surface area contributed by atoms with Crippen molar-refractivity contribution in [1.82, 2.24) is 19.5 Å². The van der Waals surface area contributed by atoms with Gasteiger partial charge >= 0.3 is 0 Å². The average molecular weight is 382 g/mol. The minimum absolute atomic E-state index is 0.0737. The lowest BCUT2D eigenvalue weighted by atomic mass is 10.1. The monoisotopic (exact) mass is 382 g/mol. The quantitative estimate of drug-likeness (QED) is 0.626. The maximum Gasteiger partial charge on any atom is 0.257 e. The molecule has 2 aromatic heterocycles. The summed E-state index contributed by atoms with van der Waals surface area (Å²) in [7, 11) is 1.61. The summed E-state index contributed by atoms with van der Waals surface area (Å²) < 4.78 is 12.7. The highest BCUT2D eigenvalue weighted by molar-refractivity contribution is 5.95. The topological polar surface area (TPSA) is 69.0 Å². The number of rotatable bonds is 7. The first kappa shape index (κ1) is 19.7. The van der Waals surface area contributed by atoms with Gasteiger partial charge in [-0.05, 0) is 45.4 Å². The second-order valence-corrected chi connectivity index (χ2v) is 6.55. The highest BCUT2D eigenvalue weighted by Crippen LogP contribution is 2.28. The van der Waals surface area contributed by atoms with E-state index in [1.54, 1.807) is 22.7 Å². The van der Waals surface area contributed by atoms with Crippen molar-refractivity contribution in [2.45, 2.75) is 34.2 Å². The van der Waals surface area contributed by atoms with Crippen LogP contribution >= 0.6 is 0 Å². The number of carbonyl (C=O) groups is 1. The molecular weight excluding hydrogens is 356 g/mol. The molecule has 3 rings (SSSR count). The van der Waals surface area contributed by atoms with Crippen LogP contribution in [0.15, 0.2) is 30.5 Å². The lowest BCUT2D eigenvalue weighted by Crippen LogP contribution is -2.31. The highest BCUT2D eigenvalue weighted by atomic mass is 16.5. The molecule has 0 N–H and O–H groups in total. The molecule has 0 unspecified atom stereocenters. The second kappa shape index (κ2) is 8.29. The molecule has 0 atom stereocenters. The van der Waals surface area contributed by atoms with Crippen LogP contribution in [0.2, 0.25) is 0 Å². The standard InChI is InChI=1S/C21H26N4O3/c1-6-24(13-16-8-9-18(28-7-2)19(11-16)27-5)21(26)17-12-22-20-10-14(3)23-25(20)15(17)4/h8-12H,6-7,13H2,1-5H3. The molecule has 148 valence electrons. The summed E-state index contributed by atoms with van der Waals surface area (Å²) in [5.41, 5.74) is 3.91. The fourth-order valence-electron chi connectivity index (χ4n) is 3.18. The van der Waals surface area contributed by atoms with E-state index in [1.165, 1.54) is 0 Å². The molecular formula is C21H26N4O3. The molecule has 28 heavy (non-hydrogen) atoms. The summed E-state index contributed by atoms with van der Waals surface area (Å²) in [5.74, 6) is 1.28. The smallest absolute Gasteiger partial charge is 0.257 e. The minimum Gasteiger partial charge on any atom is -0.493 e. The summed E-state index contributed by atoms with van der Waals surface area (Å²) >= 11 is 0. The largest absolute Gasteiger partial charge is 0.493 e. The van der Waals surface area contributed by atoms with E-state index < -0.39 is 0 Å². The summed E-state index contributed by atoms with van der Waals surface area (Å²) in [6.07, 6.45) is 1.63. The van der Waals surface area contributed by atoms with E-state index in [-0.39, 0.29) is 5.91 Å². The normalized spacial score (nSPS) is 10.9. The lowest BCUT2D eigenvalue weighted by Gasteiger charge is -2.22. The van der Waals surface area contributed by atoms with Crippen molar-refractivity contribution in [3.63, 3.8) is 0 Å². The first-order valence-electron chi connectivity index (χ1n) is 9.39. The number of nitrogens with zero attached hydrogens (tertiary/aromatic N) is 4. The zero-order valence-corrected chi connectivity index (χ0v) is 17.0. The van der Waals surface area contributed by atoms with Crippen molar-refractivity contribution in [3.05, 3.63) is 53.0 Å². The number of aryl methyl sites for hydroxylation is 2. The molecule has 2 heterocycles. The Kier molecular flexibility index (Phi) is 5.82. The van der Waals surface area contributed by atoms with Crippen molar-refractivity contribution >= 4 is 11.6 Å². The van der Waals surface area contributed by atoms with Crippen LogP contribution in [-0.4, -0.2) is 45.7 Å². The van der Waals surface area contributed by atoms with Crippen LogP contribution in [0.25, 0.3) is 5.65 Å². The molecule has 1 aromatic carbocycles. The van der Waals surface area contributed by atoms with Crippen molar-refractivity contribution < 1.29 is 14.3 Å². The molecule has 7 heteroatoms. The number of benzene rings is 1. The summed E-state index contributed by atoms with van der Waals surface area (Å²) in [5, 5.41) is 4.43. The van der Waals surface area contributed by atoms with E-state index in [0.29, 0.717) is 36.8 Å². The maximum atomic E-state index is 13.2. The summed E-state index contributed by atoms with van der Waals surface area (Å²) in [4.78, 5) is 19.3. The molecule has 0 saturated carbocycles. The molecule has 7 nitrogen and oxygen atoms in total. The Hall–Kier alpha value is -3.09. The van der Waals surface area contributed by atoms with Gasteiger partial charge in [0.25, 0.3) is 5.91 Å². The van der Waals surface area contributed by atoms with Crippen molar-refractivity contribution in [2.24, 2.45) is 0 Å². The molecule has 0 spiro atoms. The Labute approximate surface area is 164 Å². The van der Waals surface area contributed by atoms with Crippen LogP contribution < -0.4 is 9.47 Å². The van der Waals surface area contributed by atoms with Gasteiger partial charge in [-0.25, -0.2) is 9.50 Å². The highest BCUT2D eigenvalue weighted by Gasteiger charge is 2.20. The Bertz CT molecular complexity index is 997. The van der Waals surface area contributed by atoms with Gasteiger partial charge in [0.05, 0.1) is 30.7 Å². The Morgan fingerprint density at radius 1 is 1.18 bits per heavy atom. The van der Waals surface area contributed by atoms with Crippen molar-refractivity contribution in [1.29, 1.82) is 0 Å². The molecule has 0 fully saturated rings. The van der Waals surface area contributed by atoms with Gasteiger partial charge in [0.2, 0.25) is 0 Å². The van der Waals surface area contributed by atoms with Crippen LogP contribution in [0.4, 0.5) is 0 Å². The fraction of sp³-hybridized carbons (Fsp3) is 0.381. The number of methoxy groups -OCH3 is 1. The number of ether oxygens (including phenoxy) is 2. The van der Waals surface area contributed by atoms with Gasteiger partial charge in [-0.15, -0.1) is 0 Å². The Morgan fingerprint density at radius 2 is 1.96 bits per heavy atom. The SMILES string of the molecule is CCOc1ccc(CN(CC)C(=O)c2cnc3cc(C)nn3c2C)cc1OC. The van der Waals surface area contributed by atoms with Crippen LogP contribution in [0, 0.1) is 13.8 Å². The number of aromatic nitrogens is 3. The van der Waals surface area contributed by atoms with Crippen LogP contribution in [-0.2, 0) is 6.54 Å². The second-order valence-electron chi connectivity index (χ2n) is 6.55. The summed E-state index contributed by atoms with van der Waals surface area (Å²) in [6.45, 7) is 9.30. The molecule has 1 amide bonds. The van der Waals surface area contributed by atoms with E-state index >= 15 is 0 Å². The molecule has 0 aliphatic rings. The molecule has 0 aliphatic heterocycles. The average Bonchev–Trinajstić information content (AvgIpc) is 3.08. The molecule has 0 bridgehead atoms. The van der Waals surface area contributed by atoms with E-state index in [2.05, 4.69) is 10.1 Å². The molecule has 0 saturated heterocycles. The number of hydrogen-bond donors (Lipinski definition) is 0. The number of amides is 1. The molecule has 3 aromatic rings. The Morgan fingerprint density at radius 3 is 2.64 bits per heavy atom. The van der Waals surface area contributed by atoms with Crippen molar-refractivity contribution in [3.8, 4) is 11.5 Å². The van der Waals surface area contributed by atoms with E-state index in [1.807, 2.05) is 52.0 Å². The zero-order valence-electron chi connectivity index (χ0n) is 17.0. The fourth-order valence-corrected chi connectivity index (χ4v) is 3.18. The van der Waals surface area contributed by atoms with Crippen LogP contribution in [0.5, 0.6) is 11.5 Å². The van der Waals surface area contributed by atoms with Gasteiger partial charge in [0, 0.05) is 25.4 Å². The van der Waals surface area contributed by atoms with Gasteiger partial charge in [0.1, 0.15) is 0 Å². The predicted molar refractivity (Wildman–Crippen MR) is 107 cm³/mol. The van der Waals surface area contributed by atoms with Gasteiger partial charge in [-0.2, -0.15) is 5.10 Å². The number of hydrogen-bond acceptors (Lipinski definition) is 5. The minimum atomic E-state index is -0.0737. The van der Waals surface area contributed by atoms with Crippen LogP contribution in [0.1, 0.15) is 41.2 Å².